The number of nitro benzene ring substituents is 1. The third kappa shape index (κ3) is 3.59. The van der Waals surface area contributed by atoms with E-state index in [1.807, 2.05) is 0 Å². The molecule has 2 rings (SSSR count). The highest BCUT2D eigenvalue weighted by molar-refractivity contribution is 6.33. The maximum atomic E-state index is 11.7. The van der Waals surface area contributed by atoms with Crippen LogP contribution >= 0.6 is 11.6 Å². The lowest BCUT2D eigenvalue weighted by Crippen LogP contribution is -2.32. The van der Waals surface area contributed by atoms with Crippen molar-refractivity contribution in [2.24, 2.45) is 0 Å². The zero-order valence-electron chi connectivity index (χ0n) is 12.5. The average molecular weight is 328 g/mol. The van der Waals surface area contributed by atoms with E-state index in [1.54, 1.807) is 18.7 Å². The molecule has 1 fully saturated rings. The monoisotopic (exact) mass is 327 g/mol. The molecule has 0 saturated carbocycles. The highest BCUT2D eigenvalue weighted by atomic mass is 35.5. The van der Waals surface area contributed by atoms with Gasteiger partial charge in [-0.1, -0.05) is 11.6 Å². The first-order chi connectivity index (χ1) is 10.4. The van der Waals surface area contributed by atoms with Gasteiger partial charge in [-0.25, -0.2) is 4.79 Å². The lowest BCUT2D eigenvalue weighted by molar-refractivity contribution is -0.384. The van der Waals surface area contributed by atoms with E-state index < -0.39 is 4.92 Å². The van der Waals surface area contributed by atoms with Gasteiger partial charge in [0.05, 0.1) is 22.2 Å². The quantitative estimate of drug-likeness (QED) is 0.678. The second-order valence-corrected chi connectivity index (χ2v) is 5.56. The first-order valence-corrected chi connectivity index (χ1v) is 7.43. The van der Waals surface area contributed by atoms with Crippen molar-refractivity contribution >= 4 is 29.1 Å². The number of rotatable bonds is 4. The molecule has 1 N–H and O–H groups in total. The molecule has 1 unspecified atom stereocenters. The number of benzene rings is 1. The smallest absolute Gasteiger partial charge is 0.409 e. The number of hydrogen-bond acceptors (Lipinski definition) is 5. The molecule has 0 aliphatic carbocycles. The van der Waals surface area contributed by atoms with Crippen LogP contribution in [0.4, 0.5) is 16.2 Å². The van der Waals surface area contributed by atoms with Crippen LogP contribution in [0.25, 0.3) is 0 Å². The fraction of sp³-hybridized carbons (Fsp3) is 0.500. The van der Waals surface area contributed by atoms with Crippen molar-refractivity contribution in [1.82, 2.24) is 4.90 Å². The predicted molar refractivity (Wildman–Crippen MR) is 83.5 cm³/mol. The molecule has 0 radical (unpaired) electrons. The first kappa shape index (κ1) is 16.4. The molecule has 8 heteroatoms. The van der Waals surface area contributed by atoms with Crippen LogP contribution in [-0.4, -0.2) is 41.7 Å². The van der Waals surface area contributed by atoms with Crippen molar-refractivity contribution in [3.05, 3.63) is 32.8 Å². The summed E-state index contributed by atoms with van der Waals surface area (Å²) in [6, 6.07) is 2.85. The molecule has 0 bridgehead atoms. The Hall–Kier alpha value is -2.02. The lowest BCUT2D eigenvalue weighted by atomic mass is 10.1. The Balaban J connectivity index is 2.06. The molecule has 22 heavy (non-hydrogen) atoms. The van der Waals surface area contributed by atoms with Crippen molar-refractivity contribution in [3.8, 4) is 0 Å². The summed E-state index contributed by atoms with van der Waals surface area (Å²) in [7, 11) is 0. The number of halogens is 1. The van der Waals surface area contributed by atoms with Crippen molar-refractivity contribution < 1.29 is 14.5 Å². The number of ether oxygens (including phenoxy) is 1. The van der Waals surface area contributed by atoms with Crippen LogP contribution in [-0.2, 0) is 4.74 Å². The van der Waals surface area contributed by atoms with Gasteiger partial charge in [-0.3, -0.25) is 10.1 Å². The van der Waals surface area contributed by atoms with Crippen LogP contribution in [0.15, 0.2) is 12.1 Å². The van der Waals surface area contributed by atoms with E-state index in [1.165, 1.54) is 12.1 Å². The minimum Gasteiger partial charge on any atom is -0.450 e. The summed E-state index contributed by atoms with van der Waals surface area (Å²) in [6.45, 7) is 5.01. The number of nitrogens with one attached hydrogen (secondary N) is 1. The van der Waals surface area contributed by atoms with Gasteiger partial charge in [-0.15, -0.1) is 0 Å². The number of carbonyl (C=O) groups is 1. The van der Waals surface area contributed by atoms with Gasteiger partial charge in [-0.05, 0) is 25.8 Å². The number of hydrogen-bond donors (Lipinski definition) is 1. The second kappa shape index (κ2) is 6.83. The van der Waals surface area contributed by atoms with Gasteiger partial charge < -0.3 is 15.0 Å². The van der Waals surface area contributed by atoms with E-state index in [0.717, 1.165) is 6.42 Å². The Morgan fingerprint density at radius 2 is 2.32 bits per heavy atom. The normalized spacial score (nSPS) is 17.4. The van der Waals surface area contributed by atoms with Crippen LogP contribution in [0.5, 0.6) is 0 Å². The molecule has 1 atom stereocenters. The maximum Gasteiger partial charge on any atom is 0.409 e. The Morgan fingerprint density at radius 3 is 2.91 bits per heavy atom. The topological polar surface area (TPSA) is 84.7 Å². The van der Waals surface area contributed by atoms with Gasteiger partial charge in [0.2, 0.25) is 0 Å². The fourth-order valence-corrected chi connectivity index (χ4v) is 2.79. The maximum absolute atomic E-state index is 11.7. The third-order valence-electron chi connectivity index (χ3n) is 3.55. The summed E-state index contributed by atoms with van der Waals surface area (Å²) >= 11 is 6.13. The number of amides is 1. The van der Waals surface area contributed by atoms with Crippen LogP contribution in [0, 0.1) is 17.0 Å². The number of nitro groups is 1. The van der Waals surface area contributed by atoms with Gasteiger partial charge in [0.1, 0.15) is 0 Å². The van der Waals surface area contributed by atoms with E-state index in [2.05, 4.69) is 5.32 Å². The summed E-state index contributed by atoms with van der Waals surface area (Å²) in [5.41, 5.74) is 1.34. The van der Waals surface area contributed by atoms with E-state index in [9.17, 15) is 14.9 Å². The van der Waals surface area contributed by atoms with Gasteiger partial charge >= 0.3 is 6.09 Å². The Kier molecular flexibility index (Phi) is 5.07. The molecule has 1 heterocycles. The zero-order chi connectivity index (χ0) is 16.3. The molecule has 1 aromatic rings. The zero-order valence-corrected chi connectivity index (χ0v) is 13.2. The fourth-order valence-electron chi connectivity index (χ4n) is 2.48. The predicted octanol–water partition coefficient (Wildman–Crippen LogP) is 3.20. The minimum atomic E-state index is -0.472. The number of nitrogens with zero attached hydrogens (tertiary/aromatic N) is 2. The number of likely N-dealkylation sites (tertiary alicyclic amines) is 1. The Morgan fingerprint density at radius 1 is 1.59 bits per heavy atom. The van der Waals surface area contributed by atoms with E-state index in [-0.39, 0.29) is 17.8 Å². The van der Waals surface area contributed by atoms with Crippen molar-refractivity contribution in [2.75, 3.05) is 25.0 Å². The Labute approximate surface area is 133 Å². The molecular formula is C14H18ClN3O4. The van der Waals surface area contributed by atoms with Gasteiger partial charge in [0, 0.05) is 31.3 Å². The summed E-state index contributed by atoms with van der Waals surface area (Å²) in [4.78, 5) is 23.6. The number of non-ortho nitro benzene ring substituents is 1. The largest absolute Gasteiger partial charge is 0.450 e. The molecule has 1 aliphatic heterocycles. The Bertz CT molecular complexity index is 570. The lowest BCUT2D eigenvalue weighted by Gasteiger charge is -2.18. The SMILES string of the molecule is CCOC(=O)N1CCC(Nc2c(C)cc([N+](=O)[O-])cc2Cl)C1. The van der Waals surface area contributed by atoms with Crippen LogP contribution in [0.1, 0.15) is 18.9 Å². The molecule has 7 nitrogen and oxygen atoms in total. The molecule has 1 amide bonds. The molecular weight excluding hydrogens is 310 g/mol. The van der Waals surface area contributed by atoms with Crippen LogP contribution in [0.2, 0.25) is 5.02 Å². The summed E-state index contributed by atoms with van der Waals surface area (Å²) in [5.74, 6) is 0. The van der Waals surface area contributed by atoms with Crippen molar-refractivity contribution in [3.63, 3.8) is 0 Å². The standard InChI is InChI=1S/C14H18ClN3O4/c1-3-22-14(19)17-5-4-10(8-17)16-13-9(2)6-11(18(20)21)7-12(13)15/h6-7,10,16H,3-5,8H2,1-2H3. The number of aryl methyl sites for hydroxylation is 1. The van der Waals surface area contributed by atoms with Gasteiger partial charge in [-0.2, -0.15) is 0 Å². The average Bonchev–Trinajstić information content (AvgIpc) is 2.91. The number of carbonyl (C=O) groups excluding carboxylic acids is 1. The van der Waals surface area contributed by atoms with Crippen LogP contribution < -0.4 is 5.32 Å². The third-order valence-corrected chi connectivity index (χ3v) is 3.84. The molecule has 1 saturated heterocycles. The van der Waals surface area contributed by atoms with Crippen molar-refractivity contribution in [2.45, 2.75) is 26.3 Å². The van der Waals surface area contributed by atoms with Crippen LogP contribution in [0.3, 0.4) is 0 Å². The van der Waals surface area contributed by atoms with Gasteiger partial charge in [0.15, 0.2) is 0 Å². The molecule has 1 aliphatic rings. The molecule has 0 spiro atoms. The van der Waals surface area contributed by atoms with Crippen molar-refractivity contribution in [1.29, 1.82) is 0 Å². The summed E-state index contributed by atoms with van der Waals surface area (Å²) < 4.78 is 4.97. The molecule has 120 valence electrons. The second-order valence-electron chi connectivity index (χ2n) is 5.15. The van der Waals surface area contributed by atoms with Gasteiger partial charge in [0.25, 0.3) is 5.69 Å². The van der Waals surface area contributed by atoms with E-state index in [0.29, 0.717) is 36.0 Å². The minimum absolute atomic E-state index is 0.0346. The highest BCUT2D eigenvalue weighted by Gasteiger charge is 2.28. The molecule has 1 aromatic carbocycles. The first-order valence-electron chi connectivity index (χ1n) is 7.05. The number of anilines is 1. The summed E-state index contributed by atoms with van der Waals surface area (Å²) in [6.07, 6.45) is 0.448. The molecule has 0 aromatic heterocycles. The van der Waals surface area contributed by atoms with E-state index >= 15 is 0 Å². The summed E-state index contributed by atoms with van der Waals surface area (Å²) in [5, 5.41) is 14.4. The van der Waals surface area contributed by atoms with E-state index in [4.69, 9.17) is 16.3 Å². The highest BCUT2D eigenvalue weighted by Crippen LogP contribution is 2.32.